The Morgan fingerprint density at radius 3 is 2.43 bits per heavy atom. The van der Waals surface area contributed by atoms with Gasteiger partial charge in [0.1, 0.15) is 5.75 Å². The van der Waals surface area contributed by atoms with E-state index in [4.69, 9.17) is 0 Å². The molecule has 1 aliphatic rings. The Morgan fingerprint density at radius 1 is 1.21 bits per heavy atom. The zero-order valence-electron chi connectivity index (χ0n) is 7.66. The van der Waals surface area contributed by atoms with E-state index in [0.717, 1.165) is 6.42 Å². The minimum absolute atomic E-state index is 0.142. The zero-order chi connectivity index (χ0) is 10.1. The van der Waals surface area contributed by atoms with Crippen LogP contribution in [0.15, 0.2) is 24.3 Å². The number of benzene rings is 1. The van der Waals surface area contributed by atoms with Crippen molar-refractivity contribution in [2.45, 2.75) is 25.2 Å². The van der Waals surface area contributed by atoms with E-state index < -0.39 is 12.3 Å². The van der Waals surface area contributed by atoms with Crippen molar-refractivity contribution in [1.82, 2.24) is 0 Å². The van der Waals surface area contributed by atoms with Gasteiger partial charge in [-0.2, -0.15) is 0 Å². The van der Waals surface area contributed by atoms with Crippen LogP contribution in [0.25, 0.3) is 0 Å². The number of hydrogen-bond acceptors (Lipinski definition) is 1. The number of halogens is 2. The van der Waals surface area contributed by atoms with Crippen molar-refractivity contribution >= 4 is 0 Å². The van der Waals surface area contributed by atoms with Crippen LogP contribution in [0.4, 0.5) is 8.78 Å². The van der Waals surface area contributed by atoms with Crippen LogP contribution in [0.1, 0.15) is 24.3 Å². The molecule has 1 fully saturated rings. The average Bonchev–Trinajstić information content (AvgIpc) is 2.05. The Hall–Kier alpha value is -1.12. The summed E-state index contributed by atoms with van der Waals surface area (Å²) in [7, 11) is 0. The number of hydrogen-bond donors (Lipinski definition) is 1. The maximum atomic E-state index is 12.5. The number of phenolic OH excluding ortho intramolecular Hbond substituents is 1. The zero-order valence-corrected chi connectivity index (χ0v) is 7.66. The monoisotopic (exact) mass is 198 g/mol. The predicted molar refractivity (Wildman–Crippen MR) is 49.6 cm³/mol. The minimum atomic E-state index is -2.27. The lowest BCUT2D eigenvalue weighted by molar-refractivity contribution is 0.0162. The summed E-state index contributed by atoms with van der Waals surface area (Å²) < 4.78 is 24.9. The van der Waals surface area contributed by atoms with Gasteiger partial charge in [0.25, 0.3) is 0 Å². The summed E-state index contributed by atoms with van der Waals surface area (Å²) in [6.45, 7) is 0. The average molecular weight is 198 g/mol. The van der Waals surface area contributed by atoms with Crippen LogP contribution in [-0.4, -0.2) is 11.5 Å². The van der Waals surface area contributed by atoms with Gasteiger partial charge in [-0.15, -0.1) is 0 Å². The molecule has 1 aromatic rings. The molecule has 1 aliphatic carbocycles. The highest BCUT2D eigenvalue weighted by Crippen LogP contribution is 2.47. The molecular weight excluding hydrogens is 186 g/mol. The Labute approximate surface area is 81.4 Å². The van der Waals surface area contributed by atoms with Gasteiger partial charge in [-0.05, 0) is 30.4 Å². The van der Waals surface area contributed by atoms with Crippen molar-refractivity contribution in [3.8, 4) is 5.75 Å². The smallest absolute Gasteiger partial charge is 0.242 e. The van der Waals surface area contributed by atoms with Crippen molar-refractivity contribution < 1.29 is 13.9 Å². The molecular formula is C11H12F2O. The molecule has 2 atom stereocenters. The molecule has 14 heavy (non-hydrogen) atoms. The number of phenols is 1. The molecule has 1 saturated carbocycles. The summed E-state index contributed by atoms with van der Waals surface area (Å²) in [4.78, 5) is 0. The van der Waals surface area contributed by atoms with Crippen molar-refractivity contribution in [3.05, 3.63) is 29.8 Å². The molecule has 3 heteroatoms. The van der Waals surface area contributed by atoms with Crippen molar-refractivity contribution in [2.24, 2.45) is 5.92 Å². The fourth-order valence-corrected chi connectivity index (χ4v) is 2.01. The first-order valence-corrected chi connectivity index (χ1v) is 4.76. The third-order valence-corrected chi connectivity index (χ3v) is 2.99. The second-order valence-corrected chi connectivity index (χ2v) is 3.74. The standard InChI is InChI=1S/C11H12F2O/c12-11(13)9-6-5-7(9)8-3-1-2-4-10(8)14/h1-4,7,9,11,14H,5-6H2. The largest absolute Gasteiger partial charge is 0.508 e. The van der Waals surface area contributed by atoms with E-state index >= 15 is 0 Å². The fraction of sp³-hybridized carbons (Fsp3) is 0.455. The molecule has 0 amide bonds. The van der Waals surface area contributed by atoms with Gasteiger partial charge >= 0.3 is 0 Å². The van der Waals surface area contributed by atoms with E-state index in [0.29, 0.717) is 12.0 Å². The van der Waals surface area contributed by atoms with Gasteiger partial charge in [0.2, 0.25) is 6.43 Å². The summed E-state index contributed by atoms with van der Waals surface area (Å²) >= 11 is 0. The number of rotatable bonds is 2. The topological polar surface area (TPSA) is 20.2 Å². The Balaban J connectivity index is 2.20. The van der Waals surface area contributed by atoms with Crippen molar-refractivity contribution in [2.75, 3.05) is 0 Å². The van der Waals surface area contributed by atoms with E-state index in [9.17, 15) is 13.9 Å². The van der Waals surface area contributed by atoms with E-state index in [2.05, 4.69) is 0 Å². The first-order valence-electron chi connectivity index (χ1n) is 4.76. The second kappa shape index (κ2) is 3.56. The Morgan fingerprint density at radius 2 is 1.93 bits per heavy atom. The van der Waals surface area contributed by atoms with Crippen LogP contribution < -0.4 is 0 Å². The molecule has 2 rings (SSSR count). The number of para-hydroxylation sites is 1. The second-order valence-electron chi connectivity index (χ2n) is 3.74. The third-order valence-electron chi connectivity index (χ3n) is 2.99. The number of alkyl halides is 2. The summed E-state index contributed by atoms with van der Waals surface area (Å²) in [5, 5.41) is 9.50. The highest BCUT2D eigenvalue weighted by atomic mass is 19.3. The molecule has 2 unspecified atom stereocenters. The molecule has 1 nitrogen and oxygen atoms in total. The summed E-state index contributed by atoms with van der Waals surface area (Å²) in [6, 6.07) is 6.76. The molecule has 0 spiro atoms. The SMILES string of the molecule is Oc1ccccc1C1CCC1C(F)F. The van der Waals surface area contributed by atoms with Crippen molar-refractivity contribution in [3.63, 3.8) is 0 Å². The maximum absolute atomic E-state index is 12.5. The lowest BCUT2D eigenvalue weighted by Crippen LogP contribution is -2.29. The summed E-state index contributed by atoms with van der Waals surface area (Å²) in [5.41, 5.74) is 0.670. The minimum Gasteiger partial charge on any atom is -0.508 e. The van der Waals surface area contributed by atoms with E-state index in [-0.39, 0.29) is 11.7 Å². The molecule has 0 saturated heterocycles. The van der Waals surface area contributed by atoms with Crippen LogP contribution in [0, 0.1) is 5.92 Å². The highest BCUT2D eigenvalue weighted by molar-refractivity contribution is 5.36. The Bertz CT molecular complexity index is 325. The van der Waals surface area contributed by atoms with E-state index in [1.807, 2.05) is 0 Å². The molecule has 1 N–H and O–H groups in total. The first kappa shape index (κ1) is 9.44. The van der Waals surface area contributed by atoms with E-state index in [1.54, 1.807) is 24.3 Å². The van der Waals surface area contributed by atoms with Crippen LogP contribution >= 0.6 is 0 Å². The molecule has 0 aliphatic heterocycles. The molecule has 0 heterocycles. The van der Waals surface area contributed by atoms with Crippen LogP contribution in [0.2, 0.25) is 0 Å². The van der Waals surface area contributed by atoms with Gasteiger partial charge in [0.15, 0.2) is 0 Å². The predicted octanol–water partition coefficient (Wildman–Crippen LogP) is 3.15. The quantitative estimate of drug-likeness (QED) is 0.773. The molecule has 76 valence electrons. The van der Waals surface area contributed by atoms with E-state index in [1.165, 1.54) is 0 Å². The lowest BCUT2D eigenvalue weighted by atomic mass is 9.70. The maximum Gasteiger partial charge on any atom is 0.242 e. The van der Waals surface area contributed by atoms with Gasteiger partial charge < -0.3 is 5.11 Å². The van der Waals surface area contributed by atoms with Crippen LogP contribution in [0.5, 0.6) is 5.75 Å². The first-order chi connectivity index (χ1) is 6.70. The van der Waals surface area contributed by atoms with Gasteiger partial charge in [-0.25, -0.2) is 8.78 Å². The van der Waals surface area contributed by atoms with Gasteiger partial charge in [-0.3, -0.25) is 0 Å². The van der Waals surface area contributed by atoms with Gasteiger partial charge in [0.05, 0.1) is 0 Å². The van der Waals surface area contributed by atoms with Crippen molar-refractivity contribution in [1.29, 1.82) is 0 Å². The molecule has 0 bridgehead atoms. The van der Waals surface area contributed by atoms with Crippen LogP contribution in [0.3, 0.4) is 0 Å². The molecule has 0 radical (unpaired) electrons. The Kier molecular flexibility index (Phi) is 2.40. The number of aromatic hydroxyl groups is 1. The van der Waals surface area contributed by atoms with Crippen LogP contribution in [-0.2, 0) is 0 Å². The van der Waals surface area contributed by atoms with Gasteiger partial charge in [0, 0.05) is 5.92 Å². The third kappa shape index (κ3) is 1.47. The lowest BCUT2D eigenvalue weighted by Gasteiger charge is -2.36. The fourth-order valence-electron chi connectivity index (χ4n) is 2.01. The highest BCUT2D eigenvalue weighted by Gasteiger charge is 2.39. The summed E-state index contributed by atoms with van der Waals surface area (Å²) in [6.07, 6.45) is -0.947. The normalized spacial score (nSPS) is 26.2. The van der Waals surface area contributed by atoms with Gasteiger partial charge in [-0.1, -0.05) is 18.2 Å². The molecule has 0 aromatic heterocycles. The molecule has 1 aromatic carbocycles. The summed E-state index contributed by atoms with van der Waals surface area (Å²) in [5.74, 6) is -0.581.